The third-order valence-corrected chi connectivity index (χ3v) is 5.77. The first-order valence-electron chi connectivity index (χ1n) is 10.3. The molecule has 4 rings (SSSR count). The van der Waals surface area contributed by atoms with Crippen LogP contribution in [0.1, 0.15) is 22.7 Å². The van der Waals surface area contributed by atoms with E-state index in [2.05, 4.69) is 110 Å². The van der Waals surface area contributed by atoms with Crippen LogP contribution in [0.4, 0.5) is 0 Å². The molecule has 0 aliphatic carbocycles. The Bertz CT molecular complexity index is 923. The van der Waals surface area contributed by atoms with Gasteiger partial charge in [-0.05, 0) is 38.7 Å². The van der Waals surface area contributed by atoms with Gasteiger partial charge >= 0.3 is 0 Å². The van der Waals surface area contributed by atoms with Crippen LogP contribution in [0.15, 0.2) is 101 Å². The summed E-state index contributed by atoms with van der Waals surface area (Å²) in [6.07, 6.45) is 3.98. The summed E-state index contributed by atoms with van der Waals surface area (Å²) in [5.41, 5.74) is 3.84. The van der Waals surface area contributed by atoms with E-state index in [9.17, 15) is 0 Å². The highest BCUT2D eigenvalue weighted by molar-refractivity contribution is 9.12. The summed E-state index contributed by atoms with van der Waals surface area (Å²) in [4.78, 5) is 2.56. The lowest BCUT2D eigenvalue weighted by Gasteiger charge is -2.38. The zero-order valence-corrected chi connectivity index (χ0v) is 18.5. The molecule has 0 N–H and O–H groups in total. The average molecular weight is 460 g/mol. The minimum Gasteiger partial charge on any atom is -0.294 e. The summed E-state index contributed by atoms with van der Waals surface area (Å²) in [7, 11) is 0. The Morgan fingerprint density at radius 2 is 1.23 bits per heavy atom. The molecule has 30 heavy (non-hydrogen) atoms. The largest absolute Gasteiger partial charge is 0.294 e. The summed E-state index contributed by atoms with van der Waals surface area (Å²) in [6.45, 7) is 3.79. The molecule has 1 saturated heterocycles. The number of hydrogen-bond acceptors (Lipinski definition) is 3. The van der Waals surface area contributed by atoms with Crippen molar-refractivity contribution in [2.75, 3.05) is 26.2 Å². The second kappa shape index (κ2) is 10.4. The lowest BCUT2D eigenvalue weighted by atomic mass is 9.96. The van der Waals surface area contributed by atoms with E-state index in [1.54, 1.807) is 0 Å². The van der Waals surface area contributed by atoms with Crippen molar-refractivity contribution in [2.45, 2.75) is 6.04 Å². The molecular formula is C26H26BrN3. The molecule has 0 spiro atoms. The van der Waals surface area contributed by atoms with Crippen LogP contribution in [0.5, 0.6) is 0 Å². The molecular weight excluding hydrogens is 434 g/mol. The maximum absolute atomic E-state index is 4.69. The summed E-state index contributed by atoms with van der Waals surface area (Å²) in [6, 6.07) is 32.1. The van der Waals surface area contributed by atoms with Gasteiger partial charge in [0.05, 0.1) is 12.3 Å². The van der Waals surface area contributed by atoms with Crippen LogP contribution in [0.25, 0.3) is 6.08 Å². The maximum atomic E-state index is 4.69. The van der Waals surface area contributed by atoms with E-state index < -0.39 is 0 Å². The quantitative estimate of drug-likeness (QED) is 0.432. The number of rotatable bonds is 6. The highest BCUT2D eigenvalue weighted by Crippen LogP contribution is 2.29. The van der Waals surface area contributed by atoms with Gasteiger partial charge < -0.3 is 0 Å². The number of allylic oxidation sites excluding steroid dienone is 1. The summed E-state index contributed by atoms with van der Waals surface area (Å²) in [5, 5.41) is 6.84. The Morgan fingerprint density at radius 3 is 1.77 bits per heavy atom. The fourth-order valence-corrected chi connectivity index (χ4v) is 4.21. The topological polar surface area (TPSA) is 18.8 Å². The zero-order chi connectivity index (χ0) is 20.6. The molecule has 0 bridgehead atoms. The highest BCUT2D eigenvalue weighted by Gasteiger charge is 2.25. The van der Waals surface area contributed by atoms with Gasteiger partial charge in [-0.25, -0.2) is 0 Å². The molecule has 0 radical (unpaired) electrons. The number of nitrogens with zero attached hydrogens (tertiary/aromatic N) is 3. The van der Waals surface area contributed by atoms with Gasteiger partial charge in [-0.15, -0.1) is 0 Å². The van der Waals surface area contributed by atoms with Crippen LogP contribution in [0.2, 0.25) is 0 Å². The van der Waals surface area contributed by atoms with E-state index in [1.165, 1.54) is 11.1 Å². The Hall–Kier alpha value is -2.69. The van der Waals surface area contributed by atoms with E-state index in [0.29, 0.717) is 0 Å². The van der Waals surface area contributed by atoms with E-state index in [1.807, 2.05) is 24.4 Å². The van der Waals surface area contributed by atoms with Crippen LogP contribution in [0, 0.1) is 0 Å². The Kier molecular flexibility index (Phi) is 7.11. The molecule has 1 aliphatic rings. The van der Waals surface area contributed by atoms with Gasteiger partial charge in [0.15, 0.2) is 0 Å². The SMILES string of the molecule is BrC(/C=N\N1CCN(C(c2ccccc2)c2ccccc2)CC1)=C\c1ccccc1. The fraction of sp³-hybridized carbons (Fsp3) is 0.192. The summed E-state index contributed by atoms with van der Waals surface area (Å²) < 4.78 is 0.975. The van der Waals surface area contributed by atoms with E-state index in [4.69, 9.17) is 0 Å². The van der Waals surface area contributed by atoms with Crippen molar-refractivity contribution in [1.29, 1.82) is 0 Å². The molecule has 4 heteroatoms. The van der Waals surface area contributed by atoms with Crippen molar-refractivity contribution in [3.8, 4) is 0 Å². The van der Waals surface area contributed by atoms with Crippen LogP contribution >= 0.6 is 15.9 Å². The molecule has 0 aromatic heterocycles. The lowest BCUT2D eigenvalue weighted by molar-refractivity contribution is 0.113. The monoisotopic (exact) mass is 459 g/mol. The maximum Gasteiger partial charge on any atom is 0.0612 e. The van der Waals surface area contributed by atoms with Gasteiger partial charge in [0.1, 0.15) is 0 Å². The van der Waals surface area contributed by atoms with Crippen LogP contribution in [0.3, 0.4) is 0 Å². The zero-order valence-electron chi connectivity index (χ0n) is 16.9. The summed E-state index contributed by atoms with van der Waals surface area (Å²) >= 11 is 3.61. The number of piperazine rings is 1. The molecule has 0 unspecified atom stereocenters. The minimum atomic E-state index is 0.281. The molecule has 0 atom stereocenters. The van der Waals surface area contributed by atoms with E-state index >= 15 is 0 Å². The normalized spacial score (nSPS) is 15.8. The molecule has 152 valence electrons. The van der Waals surface area contributed by atoms with Gasteiger partial charge in [-0.3, -0.25) is 9.91 Å². The number of benzene rings is 3. The Morgan fingerprint density at radius 1 is 0.733 bits per heavy atom. The van der Waals surface area contributed by atoms with Gasteiger partial charge in [0, 0.05) is 30.7 Å². The molecule has 0 saturated carbocycles. The highest BCUT2D eigenvalue weighted by atomic mass is 79.9. The molecule has 1 aliphatic heterocycles. The van der Waals surface area contributed by atoms with Gasteiger partial charge in [-0.1, -0.05) is 91.0 Å². The third-order valence-electron chi connectivity index (χ3n) is 5.33. The third kappa shape index (κ3) is 5.47. The van der Waals surface area contributed by atoms with Crippen molar-refractivity contribution in [3.63, 3.8) is 0 Å². The van der Waals surface area contributed by atoms with Crippen LogP contribution in [-0.4, -0.2) is 42.3 Å². The number of hydrogen-bond donors (Lipinski definition) is 0. The van der Waals surface area contributed by atoms with Crippen molar-refractivity contribution in [3.05, 3.63) is 112 Å². The molecule has 3 nitrogen and oxygen atoms in total. The van der Waals surface area contributed by atoms with E-state index in [-0.39, 0.29) is 6.04 Å². The first-order valence-corrected chi connectivity index (χ1v) is 11.1. The standard InChI is InChI=1S/C26H26BrN3/c27-25(20-22-10-4-1-5-11-22)21-28-30-18-16-29(17-19-30)26(23-12-6-2-7-13-23)24-14-8-3-9-15-24/h1-15,20-21,26H,16-19H2/b25-20-,28-21-. The average Bonchev–Trinajstić information content (AvgIpc) is 2.81. The van der Waals surface area contributed by atoms with Crippen molar-refractivity contribution >= 4 is 28.2 Å². The lowest BCUT2D eigenvalue weighted by Crippen LogP contribution is -2.45. The second-order valence-electron chi connectivity index (χ2n) is 7.40. The number of halogens is 1. The predicted molar refractivity (Wildman–Crippen MR) is 130 cm³/mol. The van der Waals surface area contributed by atoms with Gasteiger partial charge in [0.25, 0.3) is 0 Å². The molecule has 3 aromatic carbocycles. The second-order valence-corrected chi connectivity index (χ2v) is 8.31. The Labute approximate surface area is 187 Å². The summed E-state index contributed by atoms with van der Waals surface area (Å²) in [5.74, 6) is 0. The van der Waals surface area contributed by atoms with Crippen LogP contribution < -0.4 is 0 Å². The Balaban J connectivity index is 1.42. The van der Waals surface area contributed by atoms with Gasteiger partial charge in [-0.2, -0.15) is 5.10 Å². The molecule has 1 heterocycles. The van der Waals surface area contributed by atoms with Crippen molar-refractivity contribution in [1.82, 2.24) is 9.91 Å². The van der Waals surface area contributed by atoms with Crippen molar-refractivity contribution in [2.24, 2.45) is 5.10 Å². The first kappa shape index (κ1) is 20.6. The molecule has 1 fully saturated rings. The van der Waals surface area contributed by atoms with E-state index in [0.717, 1.165) is 36.2 Å². The fourth-order valence-electron chi connectivity index (χ4n) is 3.85. The smallest absolute Gasteiger partial charge is 0.0612 e. The van der Waals surface area contributed by atoms with Gasteiger partial charge in [0.2, 0.25) is 0 Å². The van der Waals surface area contributed by atoms with Crippen molar-refractivity contribution < 1.29 is 0 Å². The predicted octanol–water partition coefficient (Wildman–Crippen LogP) is 5.82. The molecule has 0 amide bonds. The first-order chi connectivity index (χ1) is 14.8. The number of hydrazone groups is 1. The molecule has 3 aromatic rings. The minimum absolute atomic E-state index is 0.281. The van der Waals surface area contributed by atoms with Crippen LogP contribution in [-0.2, 0) is 0 Å².